The van der Waals surface area contributed by atoms with Crippen LogP contribution in [0.2, 0.25) is 5.02 Å². The van der Waals surface area contributed by atoms with Crippen LogP contribution in [0, 0.1) is 0 Å². The molecule has 0 spiro atoms. The van der Waals surface area contributed by atoms with E-state index in [1.165, 1.54) is 4.57 Å². The minimum Gasteiger partial charge on any atom is -0.287 e. The highest BCUT2D eigenvalue weighted by molar-refractivity contribution is 6.30. The molecule has 0 bridgehead atoms. The summed E-state index contributed by atoms with van der Waals surface area (Å²) in [6.07, 6.45) is 3.18. The Morgan fingerprint density at radius 1 is 0.815 bits per heavy atom. The Morgan fingerprint density at radius 3 is 2.33 bits per heavy atom. The number of aromatic nitrogens is 4. The van der Waals surface area contributed by atoms with Crippen LogP contribution in [0.4, 0.5) is 0 Å². The third kappa shape index (κ3) is 3.39. The van der Waals surface area contributed by atoms with Crippen LogP contribution in [0.15, 0.2) is 76.6 Å². The summed E-state index contributed by atoms with van der Waals surface area (Å²) in [5.41, 5.74) is 1.45. The van der Waals surface area contributed by atoms with Crippen molar-refractivity contribution in [3.8, 4) is 0 Å². The summed E-state index contributed by atoms with van der Waals surface area (Å²) in [4.78, 5) is 34.4. The summed E-state index contributed by atoms with van der Waals surface area (Å²) in [6.45, 7) is 0.395. The maximum Gasteiger partial charge on any atom is 0.332 e. The molecular weight excluding hydrogens is 364 g/mol. The molecule has 3 aromatic heterocycles. The van der Waals surface area contributed by atoms with Gasteiger partial charge in [-0.2, -0.15) is 0 Å². The number of hydrogen-bond acceptors (Lipinski definition) is 4. The molecule has 134 valence electrons. The molecule has 7 heteroatoms. The summed E-state index contributed by atoms with van der Waals surface area (Å²) >= 11 is 5.95. The standard InChI is InChI=1S/C20H15ClN4O2/c21-15-8-6-14(7-9-15)12-24-17-5-3-11-23-18(17)19(26)25(20(24)27)13-16-4-1-2-10-22-16/h1-11H,12-13H2. The van der Waals surface area contributed by atoms with E-state index in [0.29, 0.717) is 22.8 Å². The molecule has 0 fully saturated rings. The number of hydrogen-bond donors (Lipinski definition) is 0. The summed E-state index contributed by atoms with van der Waals surface area (Å²) in [7, 11) is 0. The van der Waals surface area contributed by atoms with Crippen LogP contribution >= 0.6 is 11.6 Å². The molecule has 0 radical (unpaired) electrons. The average molecular weight is 379 g/mol. The molecule has 0 aliphatic rings. The maximum atomic E-state index is 13.1. The van der Waals surface area contributed by atoms with E-state index in [-0.39, 0.29) is 12.1 Å². The fraction of sp³-hybridized carbons (Fsp3) is 0.100. The second-order valence-electron chi connectivity index (χ2n) is 6.08. The third-order valence-corrected chi connectivity index (χ3v) is 4.54. The van der Waals surface area contributed by atoms with Crippen molar-refractivity contribution in [1.82, 2.24) is 19.1 Å². The lowest BCUT2D eigenvalue weighted by Crippen LogP contribution is -2.41. The largest absolute Gasteiger partial charge is 0.332 e. The molecule has 0 atom stereocenters. The van der Waals surface area contributed by atoms with Gasteiger partial charge in [0.1, 0.15) is 0 Å². The van der Waals surface area contributed by atoms with Crippen molar-refractivity contribution in [2.24, 2.45) is 0 Å². The van der Waals surface area contributed by atoms with E-state index in [1.54, 1.807) is 53.4 Å². The van der Waals surface area contributed by atoms with Gasteiger partial charge in [-0.1, -0.05) is 29.8 Å². The topological polar surface area (TPSA) is 69.8 Å². The lowest BCUT2D eigenvalue weighted by atomic mass is 10.2. The van der Waals surface area contributed by atoms with Crippen molar-refractivity contribution in [3.63, 3.8) is 0 Å². The van der Waals surface area contributed by atoms with Crippen LogP contribution in [0.3, 0.4) is 0 Å². The number of pyridine rings is 2. The van der Waals surface area contributed by atoms with Crippen molar-refractivity contribution < 1.29 is 0 Å². The van der Waals surface area contributed by atoms with Crippen molar-refractivity contribution in [2.45, 2.75) is 13.1 Å². The second kappa shape index (κ2) is 7.17. The van der Waals surface area contributed by atoms with E-state index >= 15 is 0 Å². The van der Waals surface area contributed by atoms with Crippen molar-refractivity contribution in [2.75, 3.05) is 0 Å². The molecule has 3 heterocycles. The van der Waals surface area contributed by atoms with Gasteiger partial charge in [0, 0.05) is 17.4 Å². The summed E-state index contributed by atoms with van der Waals surface area (Å²) < 4.78 is 2.73. The molecule has 0 amide bonds. The van der Waals surface area contributed by atoms with E-state index in [2.05, 4.69) is 9.97 Å². The van der Waals surface area contributed by atoms with Gasteiger partial charge in [0.05, 0.1) is 24.3 Å². The summed E-state index contributed by atoms with van der Waals surface area (Å²) in [6, 6.07) is 16.1. The second-order valence-corrected chi connectivity index (χ2v) is 6.52. The monoisotopic (exact) mass is 378 g/mol. The SMILES string of the molecule is O=c1c2ncccc2n(Cc2ccc(Cl)cc2)c(=O)n1Cc1ccccn1. The molecule has 0 aliphatic carbocycles. The van der Waals surface area contributed by atoms with Gasteiger partial charge in [-0.15, -0.1) is 0 Å². The third-order valence-electron chi connectivity index (χ3n) is 4.29. The molecule has 6 nitrogen and oxygen atoms in total. The number of fused-ring (bicyclic) bond motifs is 1. The van der Waals surface area contributed by atoms with Gasteiger partial charge in [-0.3, -0.25) is 18.9 Å². The van der Waals surface area contributed by atoms with Gasteiger partial charge >= 0.3 is 5.69 Å². The predicted octanol–water partition coefficient (Wildman–Crippen LogP) is 2.70. The Morgan fingerprint density at radius 2 is 1.59 bits per heavy atom. The van der Waals surface area contributed by atoms with E-state index in [4.69, 9.17) is 11.6 Å². The first-order chi connectivity index (χ1) is 13.1. The first-order valence-corrected chi connectivity index (χ1v) is 8.74. The first kappa shape index (κ1) is 17.2. The average Bonchev–Trinajstić information content (AvgIpc) is 2.71. The fourth-order valence-electron chi connectivity index (χ4n) is 2.96. The highest BCUT2D eigenvalue weighted by Gasteiger charge is 2.15. The van der Waals surface area contributed by atoms with Gasteiger partial charge < -0.3 is 0 Å². The quantitative estimate of drug-likeness (QED) is 0.547. The van der Waals surface area contributed by atoms with Crippen molar-refractivity contribution >= 4 is 22.6 Å². The van der Waals surface area contributed by atoms with Gasteiger partial charge in [0.25, 0.3) is 5.56 Å². The molecule has 1 aromatic carbocycles. The zero-order chi connectivity index (χ0) is 18.8. The Balaban J connectivity index is 1.90. The van der Waals surface area contributed by atoms with Crippen LogP contribution in [0.25, 0.3) is 11.0 Å². The molecular formula is C20H15ClN4O2. The molecule has 0 saturated heterocycles. The van der Waals surface area contributed by atoms with Crippen LogP contribution in [-0.2, 0) is 13.1 Å². The van der Waals surface area contributed by atoms with Gasteiger partial charge in [0.2, 0.25) is 0 Å². The molecule has 4 aromatic rings. The molecule has 0 unspecified atom stereocenters. The van der Waals surface area contributed by atoms with Gasteiger partial charge in [-0.05, 0) is 42.0 Å². The Hall–Kier alpha value is -3.25. The van der Waals surface area contributed by atoms with E-state index < -0.39 is 11.2 Å². The minimum absolute atomic E-state index is 0.0889. The Labute approximate surface area is 159 Å². The van der Waals surface area contributed by atoms with Gasteiger partial charge in [0.15, 0.2) is 5.52 Å². The zero-order valence-corrected chi connectivity index (χ0v) is 15.0. The van der Waals surface area contributed by atoms with E-state index in [1.807, 2.05) is 18.2 Å². The molecule has 0 saturated carbocycles. The molecule has 4 rings (SSSR count). The highest BCUT2D eigenvalue weighted by atomic mass is 35.5. The molecule has 0 aliphatic heterocycles. The number of benzene rings is 1. The van der Waals surface area contributed by atoms with Gasteiger partial charge in [-0.25, -0.2) is 9.78 Å². The van der Waals surface area contributed by atoms with E-state index in [0.717, 1.165) is 5.56 Å². The lowest BCUT2D eigenvalue weighted by Gasteiger charge is -2.13. The van der Waals surface area contributed by atoms with Crippen LogP contribution < -0.4 is 11.2 Å². The van der Waals surface area contributed by atoms with Crippen molar-refractivity contribution in [1.29, 1.82) is 0 Å². The lowest BCUT2D eigenvalue weighted by molar-refractivity contribution is 0.626. The Bertz CT molecular complexity index is 1210. The van der Waals surface area contributed by atoms with Crippen LogP contribution in [0.1, 0.15) is 11.3 Å². The molecule has 27 heavy (non-hydrogen) atoms. The highest BCUT2D eigenvalue weighted by Crippen LogP contribution is 2.12. The normalized spacial score (nSPS) is 11.0. The molecule has 0 N–H and O–H groups in total. The van der Waals surface area contributed by atoms with Crippen LogP contribution in [0.5, 0.6) is 0 Å². The number of rotatable bonds is 4. The number of nitrogens with zero attached hydrogens (tertiary/aromatic N) is 4. The van der Waals surface area contributed by atoms with E-state index in [9.17, 15) is 9.59 Å². The predicted molar refractivity (Wildman–Crippen MR) is 104 cm³/mol. The summed E-state index contributed by atoms with van der Waals surface area (Å²) in [5, 5.41) is 0.623. The Kier molecular flexibility index (Phi) is 4.56. The van der Waals surface area contributed by atoms with Crippen LogP contribution in [-0.4, -0.2) is 19.1 Å². The minimum atomic E-state index is -0.423. The maximum absolute atomic E-state index is 13.1. The summed E-state index contributed by atoms with van der Waals surface area (Å²) in [5.74, 6) is 0. The first-order valence-electron chi connectivity index (χ1n) is 8.36. The number of halogens is 1. The zero-order valence-electron chi connectivity index (χ0n) is 14.2. The smallest absolute Gasteiger partial charge is 0.287 e. The van der Waals surface area contributed by atoms with Crippen molar-refractivity contribution in [3.05, 3.63) is 104 Å². The fourth-order valence-corrected chi connectivity index (χ4v) is 3.09.